The lowest BCUT2D eigenvalue weighted by atomic mass is 10.2. The molecule has 1 fully saturated rings. The number of anilines is 1. The summed E-state index contributed by atoms with van der Waals surface area (Å²) in [6, 6.07) is 0.264. The quantitative estimate of drug-likeness (QED) is 0.468. The molecule has 1 aliphatic heterocycles. The van der Waals surface area contributed by atoms with E-state index in [4.69, 9.17) is 15.6 Å². The number of halogens is 1. The minimum atomic E-state index is -0.582. The fraction of sp³-hybridized carbons (Fsp3) is 0.588. The molecule has 10 heteroatoms. The SMILES string of the molecule is C=CC(=O)N1CCCC1COC.CC.NC(=O)c1c(NCCO)n[nH]c1Br. The van der Waals surface area contributed by atoms with Gasteiger partial charge in [-0.3, -0.25) is 14.7 Å². The summed E-state index contributed by atoms with van der Waals surface area (Å²) in [6.07, 6.45) is 3.50. The molecular formula is C17H30BrN5O4. The third-order valence-electron chi connectivity index (χ3n) is 3.57. The number of hydrogen-bond donors (Lipinski definition) is 4. The largest absolute Gasteiger partial charge is 0.395 e. The Labute approximate surface area is 168 Å². The summed E-state index contributed by atoms with van der Waals surface area (Å²) in [6.45, 7) is 9.23. The Hall–Kier alpha value is -1.91. The van der Waals surface area contributed by atoms with Gasteiger partial charge in [0.25, 0.3) is 5.91 Å². The number of aromatic amines is 1. The lowest BCUT2D eigenvalue weighted by Crippen LogP contribution is -2.36. The van der Waals surface area contributed by atoms with Crippen LogP contribution in [-0.2, 0) is 9.53 Å². The fourth-order valence-corrected chi connectivity index (χ4v) is 2.93. The zero-order valence-corrected chi connectivity index (χ0v) is 17.7. The van der Waals surface area contributed by atoms with E-state index in [2.05, 4.69) is 38.0 Å². The van der Waals surface area contributed by atoms with Crippen molar-refractivity contribution in [1.82, 2.24) is 15.1 Å². The number of H-pyrrole nitrogens is 1. The molecule has 1 saturated heterocycles. The molecule has 27 heavy (non-hydrogen) atoms. The summed E-state index contributed by atoms with van der Waals surface area (Å²) < 4.78 is 5.45. The molecule has 9 nitrogen and oxygen atoms in total. The molecule has 0 bridgehead atoms. The Bertz CT molecular complexity index is 594. The van der Waals surface area contributed by atoms with Gasteiger partial charge < -0.3 is 25.8 Å². The molecule has 2 heterocycles. The van der Waals surface area contributed by atoms with Crippen LogP contribution < -0.4 is 11.1 Å². The van der Waals surface area contributed by atoms with Crippen molar-refractivity contribution in [3.8, 4) is 0 Å². The smallest absolute Gasteiger partial charge is 0.255 e. The zero-order valence-electron chi connectivity index (χ0n) is 16.1. The fourth-order valence-electron chi connectivity index (χ4n) is 2.46. The number of aliphatic hydroxyl groups excluding tert-OH is 1. The molecule has 1 unspecified atom stereocenters. The number of ether oxygens (including phenoxy) is 1. The summed E-state index contributed by atoms with van der Waals surface area (Å²) in [5.74, 6) is -0.218. The van der Waals surface area contributed by atoms with Crippen molar-refractivity contribution in [1.29, 1.82) is 0 Å². The van der Waals surface area contributed by atoms with Crippen LogP contribution in [0.4, 0.5) is 5.82 Å². The average Bonchev–Trinajstić information content (AvgIpc) is 3.28. The number of nitrogens with zero attached hydrogens (tertiary/aromatic N) is 2. The molecule has 154 valence electrons. The van der Waals surface area contributed by atoms with Crippen molar-refractivity contribution in [3.05, 3.63) is 22.8 Å². The van der Waals surface area contributed by atoms with Crippen LogP contribution in [-0.4, -0.2) is 71.5 Å². The van der Waals surface area contributed by atoms with Crippen LogP contribution in [0.15, 0.2) is 17.3 Å². The van der Waals surface area contributed by atoms with E-state index in [9.17, 15) is 9.59 Å². The van der Waals surface area contributed by atoms with Crippen LogP contribution >= 0.6 is 15.9 Å². The van der Waals surface area contributed by atoms with Crippen molar-refractivity contribution in [2.24, 2.45) is 5.73 Å². The number of carbonyl (C=O) groups excluding carboxylic acids is 2. The standard InChI is InChI=1S/C9H15NO2.C6H9BrN4O2.C2H6/c1-3-9(11)10-6-4-5-8(10)7-12-2;7-4-3(5(8)13)6(11-10-4)9-1-2-12;1-2/h3,8H,1,4-7H2,2H3;12H,1-2H2,(H2,8,13)(H2,9,10,11);1-2H3. The van der Waals surface area contributed by atoms with Gasteiger partial charge in [-0.15, -0.1) is 0 Å². The van der Waals surface area contributed by atoms with E-state index >= 15 is 0 Å². The van der Waals surface area contributed by atoms with Gasteiger partial charge in [-0.05, 0) is 34.8 Å². The highest BCUT2D eigenvalue weighted by atomic mass is 79.9. The van der Waals surface area contributed by atoms with Crippen LogP contribution in [0, 0.1) is 0 Å². The summed E-state index contributed by atoms with van der Waals surface area (Å²) in [5.41, 5.74) is 5.36. The first-order valence-electron chi connectivity index (χ1n) is 8.76. The minimum absolute atomic E-state index is 0.0227. The first-order chi connectivity index (χ1) is 13.0. The Morgan fingerprint density at radius 2 is 2.22 bits per heavy atom. The van der Waals surface area contributed by atoms with Crippen LogP contribution in [0.2, 0.25) is 0 Å². The highest BCUT2D eigenvalue weighted by Gasteiger charge is 2.26. The van der Waals surface area contributed by atoms with Crippen molar-refractivity contribution >= 4 is 33.6 Å². The third kappa shape index (κ3) is 8.10. The molecule has 0 radical (unpaired) electrons. The van der Waals surface area contributed by atoms with Gasteiger partial charge in [0.15, 0.2) is 5.82 Å². The van der Waals surface area contributed by atoms with E-state index in [1.165, 1.54) is 6.08 Å². The summed E-state index contributed by atoms with van der Waals surface area (Å²) in [4.78, 5) is 24.0. The molecule has 0 saturated carbocycles. The molecule has 2 rings (SSSR count). The number of amides is 2. The Morgan fingerprint density at radius 1 is 1.56 bits per heavy atom. The molecule has 0 aliphatic carbocycles. The predicted molar refractivity (Wildman–Crippen MR) is 109 cm³/mol. The van der Waals surface area contributed by atoms with Crippen molar-refractivity contribution in [2.45, 2.75) is 32.7 Å². The second-order valence-electron chi connectivity index (χ2n) is 5.26. The number of hydrogen-bond acceptors (Lipinski definition) is 6. The number of aliphatic hydroxyl groups is 1. The lowest BCUT2D eigenvalue weighted by molar-refractivity contribution is -0.127. The molecule has 2 amide bonds. The van der Waals surface area contributed by atoms with Gasteiger partial charge in [-0.2, -0.15) is 5.10 Å². The summed E-state index contributed by atoms with van der Waals surface area (Å²) >= 11 is 3.09. The van der Waals surface area contributed by atoms with E-state index in [1.807, 2.05) is 18.7 Å². The van der Waals surface area contributed by atoms with Gasteiger partial charge in [0.05, 0.1) is 19.3 Å². The average molecular weight is 448 g/mol. The first-order valence-corrected chi connectivity index (χ1v) is 9.55. The molecule has 5 N–H and O–H groups in total. The Kier molecular flexibility index (Phi) is 13.2. The van der Waals surface area contributed by atoms with E-state index in [0.29, 0.717) is 23.6 Å². The summed E-state index contributed by atoms with van der Waals surface area (Å²) in [5, 5.41) is 17.6. The van der Waals surface area contributed by atoms with Crippen molar-refractivity contribution < 1.29 is 19.4 Å². The number of aromatic nitrogens is 2. The maximum atomic E-state index is 11.3. The molecule has 0 spiro atoms. The maximum Gasteiger partial charge on any atom is 0.255 e. The van der Waals surface area contributed by atoms with Gasteiger partial charge in [0, 0.05) is 20.2 Å². The third-order valence-corrected chi connectivity index (χ3v) is 4.14. The molecule has 1 aromatic rings. The van der Waals surface area contributed by atoms with Gasteiger partial charge in [0.2, 0.25) is 5.91 Å². The number of nitrogens with one attached hydrogen (secondary N) is 2. The van der Waals surface area contributed by atoms with Gasteiger partial charge in [0.1, 0.15) is 10.2 Å². The maximum absolute atomic E-state index is 11.3. The second kappa shape index (κ2) is 14.2. The minimum Gasteiger partial charge on any atom is -0.395 e. The monoisotopic (exact) mass is 447 g/mol. The predicted octanol–water partition coefficient (Wildman–Crippen LogP) is 1.51. The van der Waals surface area contributed by atoms with Gasteiger partial charge >= 0.3 is 0 Å². The molecule has 1 aromatic heterocycles. The number of nitrogens with two attached hydrogens (primary N) is 1. The van der Waals surface area contributed by atoms with E-state index in [1.54, 1.807) is 7.11 Å². The van der Waals surface area contributed by atoms with Crippen molar-refractivity contribution in [2.75, 3.05) is 38.7 Å². The number of carbonyl (C=O) groups is 2. The second-order valence-corrected chi connectivity index (χ2v) is 6.06. The van der Waals surface area contributed by atoms with Crippen LogP contribution in [0.5, 0.6) is 0 Å². The van der Waals surface area contributed by atoms with E-state index < -0.39 is 5.91 Å². The number of primary amides is 1. The lowest BCUT2D eigenvalue weighted by Gasteiger charge is -2.22. The van der Waals surface area contributed by atoms with Gasteiger partial charge in [-0.1, -0.05) is 20.4 Å². The Morgan fingerprint density at radius 3 is 2.74 bits per heavy atom. The van der Waals surface area contributed by atoms with Crippen LogP contribution in [0.3, 0.4) is 0 Å². The number of methoxy groups -OCH3 is 1. The first kappa shape index (κ1) is 25.1. The Balaban J connectivity index is 0.000000460. The highest BCUT2D eigenvalue weighted by molar-refractivity contribution is 9.10. The zero-order chi connectivity index (χ0) is 20.8. The van der Waals surface area contributed by atoms with Crippen molar-refractivity contribution in [3.63, 3.8) is 0 Å². The highest BCUT2D eigenvalue weighted by Crippen LogP contribution is 2.20. The topological polar surface area (TPSA) is 134 Å². The van der Waals surface area contributed by atoms with Gasteiger partial charge in [-0.25, -0.2) is 0 Å². The molecular weight excluding hydrogens is 418 g/mol. The molecule has 0 aromatic carbocycles. The normalized spacial score (nSPS) is 15.1. The number of likely N-dealkylation sites (tertiary alicyclic amines) is 1. The van der Waals surface area contributed by atoms with Crippen LogP contribution in [0.1, 0.15) is 37.0 Å². The number of rotatable bonds is 7. The van der Waals surface area contributed by atoms with Crippen LogP contribution in [0.25, 0.3) is 0 Å². The molecule has 1 aliphatic rings. The molecule has 1 atom stereocenters. The van der Waals surface area contributed by atoms with E-state index in [0.717, 1.165) is 19.4 Å². The van der Waals surface area contributed by atoms with E-state index in [-0.39, 0.29) is 24.1 Å². The summed E-state index contributed by atoms with van der Waals surface area (Å²) in [7, 11) is 1.66.